The number of carbonyl (C=O) groups is 2. The van der Waals surface area contributed by atoms with Crippen molar-refractivity contribution in [1.29, 1.82) is 0 Å². The Labute approximate surface area is 110 Å². The average molecular weight is 272 g/mol. The number of amides is 1. The van der Waals surface area contributed by atoms with Gasteiger partial charge in [-0.2, -0.15) is 0 Å². The zero-order valence-corrected chi connectivity index (χ0v) is 10.7. The van der Waals surface area contributed by atoms with E-state index in [1.807, 2.05) is 0 Å². The Bertz CT molecular complexity index is 448. The second kappa shape index (κ2) is 6.86. The van der Waals surface area contributed by atoms with Gasteiger partial charge in [0.1, 0.15) is 5.75 Å². The normalized spacial score (nSPS) is 9.89. The highest BCUT2D eigenvalue weighted by atomic mass is 35.5. The van der Waals surface area contributed by atoms with E-state index in [1.54, 1.807) is 6.92 Å². The number of hydrogen-bond donors (Lipinski definition) is 2. The summed E-state index contributed by atoms with van der Waals surface area (Å²) in [7, 11) is 0. The maximum Gasteiger partial charge on any atom is 0.307 e. The van der Waals surface area contributed by atoms with Crippen LogP contribution in [0, 0.1) is 0 Å². The van der Waals surface area contributed by atoms with Crippen LogP contribution in [-0.2, 0) is 9.53 Å². The molecule has 0 saturated heterocycles. The molecular formula is C12H14ClNO4. The molecule has 0 unspecified atom stereocenters. The third kappa shape index (κ3) is 4.25. The molecule has 0 heterocycles. The number of ether oxygens (including phenoxy) is 1. The molecule has 0 aliphatic carbocycles. The molecule has 1 rings (SSSR count). The summed E-state index contributed by atoms with van der Waals surface area (Å²) < 4.78 is 4.71. The van der Waals surface area contributed by atoms with Gasteiger partial charge < -0.3 is 15.2 Å². The molecule has 1 aromatic rings. The number of carbonyl (C=O) groups excluding carboxylic acids is 2. The fourth-order valence-electron chi connectivity index (χ4n) is 1.30. The number of nitrogens with one attached hydrogen (secondary N) is 1. The van der Waals surface area contributed by atoms with E-state index in [0.29, 0.717) is 11.6 Å². The molecule has 0 aliphatic heterocycles. The van der Waals surface area contributed by atoms with Crippen LogP contribution in [0.15, 0.2) is 18.2 Å². The lowest BCUT2D eigenvalue weighted by molar-refractivity contribution is -0.142. The van der Waals surface area contributed by atoms with E-state index in [1.165, 1.54) is 18.2 Å². The molecule has 0 bridgehead atoms. The summed E-state index contributed by atoms with van der Waals surface area (Å²) in [5.74, 6) is -1.03. The second-order valence-electron chi connectivity index (χ2n) is 3.47. The summed E-state index contributed by atoms with van der Waals surface area (Å²) in [6.45, 7) is 2.16. The molecule has 0 aromatic heterocycles. The number of phenolic OH excluding ortho intramolecular Hbond substituents is 1. The highest BCUT2D eigenvalue weighted by Crippen LogP contribution is 2.21. The number of halogens is 1. The Morgan fingerprint density at radius 1 is 1.44 bits per heavy atom. The first kappa shape index (κ1) is 14.3. The lowest BCUT2D eigenvalue weighted by Crippen LogP contribution is -2.26. The maximum atomic E-state index is 11.7. The number of benzene rings is 1. The number of esters is 1. The highest BCUT2D eigenvalue weighted by molar-refractivity contribution is 6.31. The van der Waals surface area contributed by atoms with Crippen LogP contribution in [0.3, 0.4) is 0 Å². The monoisotopic (exact) mass is 271 g/mol. The number of aromatic hydroxyl groups is 1. The third-order valence-electron chi connectivity index (χ3n) is 2.12. The largest absolute Gasteiger partial charge is 0.507 e. The van der Waals surface area contributed by atoms with Gasteiger partial charge in [-0.05, 0) is 25.1 Å². The zero-order chi connectivity index (χ0) is 13.5. The molecule has 0 spiro atoms. The predicted octanol–water partition coefficient (Wildman–Crippen LogP) is 1.73. The topological polar surface area (TPSA) is 75.6 Å². The molecule has 0 atom stereocenters. The van der Waals surface area contributed by atoms with E-state index in [2.05, 4.69) is 5.32 Å². The number of hydrogen-bond acceptors (Lipinski definition) is 4. The van der Waals surface area contributed by atoms with Crippen LogP contribution in [0.1, 0.15) is 23.7 Å². The molecule has 5 nitrogen and oxygen atoms in total. The van der Waals surface area contributed by atoms with E-state index in [0.717, 1.165) is 0 Å². The quantitative estimate of drug-likeness (QED) is 0.800. The van der Waals surface area contributed by atoms with Crippen LogP contribution in [0.4, 0.5) is 0 Å². The van der Waals surface area contributed by atoms with Gasteiger partial charge in [0.2, 0.25) is 0 Å². The van der Waals surface area contributed by atoms with Gasteiger partial charge >= 0.3 is 5.97 Å². The number of phenols is 1. The van der Waals surface area contributed by atoms with Gasteiger partial charge in [0.25, 0.3) is 5.91 Å². The van der Waals surface area contributed by atoms with Crippen LogP contribution in [0.25, 0.3) is 0 Å². The second-order valence-corrected chi connectivity index (χ2v) is 3.91. The van der Waals surface area contributed by atoms with Gasteiger partial charge in [0.15, 0.2) is 0 Å². The molecule has 0 radical (unpaired) electrons. The summed E-state index contributed by atoms with van der Waals surface area (Å²) >= 11 is 5.72. The minimum atomic E-state index is -0.487. The van der Waals surface area contributed by atoms with Crippen molar-refractivity contribution in [2.45, 2.75) is 13.3 Å². The van der Waals surface area contributed by atoms with Crippen LogP contribution < -0.4 is 5.32 Å². The first-order valence-electron chi connectivity index (χ1n) is 5.47. The Hall–Kier alpha value is -1.75. The molecule has 0 aliphatic rings. The predicted molar refractivity (Wildman–Crippen MR) is 66.7 cm³/mol. The van der Waals surface area contributed by atoms with Crippen LogP contribution in [-0.4, -0.2) is 30.1 Å². The van der Waals surface area contributed by atoms with Crippen LogP contribution in [0.2, 0.25) is 5.02 Å². The Morgan fingerprint density at radius 3 is 2.83 bits per heavy atom. The van der Waals surface area contributed by atoms with E-state index >= 15 is 0 Å². The maximum absolute atomic E-state index is 11.7. The van der Waals surface area contributed by atoms with Crippen molar-refractivity contribution in [2.24, 2.45) is 0 Å². The van der Waals surface area contributed by atoms with Crippen LogP contribution >= 0.6 is 11.6 Å². The van der Waals surface area contributed by atoms with E-state index in [9.17, 15) is 14.7 Å². The molecule has 18 heavy (non-hydrogen) atoms. The Morgan fingerprint density at radius 2 is 2.17 bits per heavy atom. The van der Waals surface area contributed by atoms with Crippen molar-refractivity contribution in [3.8, 4) is 5.75 Å². The van der Waals surface area contributed by atoms with E-state index < -0.39 is 5.91 Å². The van der Waals surface area contributed by atoms with Gasteiger partial charge in [-0.1, -0.05) is 11.6 Å². The molecule has 6 heteroatoms. The van der Waals surface area contributed by atoms with Crippen molar-refractivity contribution in [3.63, 3.8) is 0 Å². The standard InChI is InChI=1S/C12H14ClNO4/c1-2-18-11(16)5-6-14-12(17)9-7-8(13)3-4-10(9)15/h3-4,7,15H,2,5-6H2,1H3,(H,14,17). The molecular weight excluding hydrogens is 258 g/mol. The molecule has 0 fully saturated rings. The molecule has 1 aromatic carbocycles. The van der Waals surface area contributed by atoms with Crippen molar-refractivity contribution in [2.75, 3.05) is 13.2 Å². The van der Waals surface area contributed by atoms with Gasteiger partial charge in [-0.15, -0.1) is 0 Å². The summed E-state index contributed by atoms with van der Waals surface area (Å²) in [6, 6.07) is 4.17. The first-order valence-corrected chi connectivity index (χ1v) is 5.84. The lowest BCUT2D eigenvalue weighted by Gasteiger charge is -2.07. The van der Waals surface area contributed by atoms with Gasteiger partial charge in [-0.3, -0.25) is 9.59 Å². The smallest absolute Gasteiger partial charge is 0.307 e. The van der Waals surface area contributed by atoms with Crippen molar-refractivity contribution in [3.05, 3.63) is 28.8 Å². The van der Waals surface area contributed by atoms with E-state index in [-0.39, 0.29) is 30.2 Å². The third-order valence-corrected chi connectivity index (χ3v) is 2.36. The molecule has 0 saturated carbocycles. The zero-order valence-electron chi connectivity index (χ0n) is 9.90. The summed E-state index contributed by atoms with van der Waals surface area (Å²) in [5, 5.41) is 12.3. The minimum absolute atomic E-state index is 0.0753. The van der Waals surface area contributed by atoms with Gasteiger partial charge in [0.05, 0.1) is 18.6 Å². The summed E-state index contributed by atoms with van der Waals surface area (Å²) in [4.78, 5) is 22.7. The number of rotatable bonds is 5. The molecule has 98 valence electrons. The Kier molecular flexibility index (Phi) is 5.45. The minimum Gasteiger partial charge on any atom is -0.507 e. The van der Waals surface area contributed by atoms with Gasteiger partial charge in [-0.25, -0.2) is 0 Å². The fourth-order valence-corrected chi connectivity index (χ4v) is 1.47. The van der Waals surface area contributed by atoms with Crippen molar-refractivity contribution < 1.29 is 19.4 Å². The first-order chi connectivity index (χ1) is 8.54. The molecule has 2 N–H and O–H groups in total. The van der Waals surface area contributed by atoms with Crippen molar-refractivity contribution >= 4 is 23.5 Å². The average Bonchev–Trinajstić information content (AvgIpc) is 2.32. The van der Waals surface area contributed by atoms with Crippen LogP contribution in [0.5, 0.6) is 5.75 Å². The highest BCUT2D eigenvalue weighted by Gasteiger charge is 2.11. The fraction of sp³-hybridized carbons (Fsp3) is 0.333. The van der Waals surface area contributed by atoms with Gasteiger partial charge in [0, 0.05) is 11.6 Å². The SMILES string of the molecule is CCOC(=O)CCNC(=O)c1cc(Cl)ccc1O. The lowest BCUT2D eigenvalue weighted by atomic mass is 10.2. The van der Waals surface area contributed by atoms with E-state index in [4.69, 9.17) is 16.3 Å². The van der Waals surface area contributed by atoms with Crippen molar-refractivity contribution in [1.82, 2.24) is 5.32 Å². The molecule has 1 amide bonds. The summed E-state index contributed by atoms with van der Waals surface area (Å²) in [6.07, 6.45) is 0.0842. The Balaban J connectivity index is 2.50. The summed E-state index contributed by atoms with van der Waals surface area (Å²) in [5.41, 5.74) is 0.0753.